The average molecular weight is 300 g/mol. The van der Waals surface area contributed by atoms with Crippen molar-refractivity contribution in [3.8, 4) is 0 Å². The molecular weight excluding hydrogens is 282 g/mol. The van der Waals surface area contributed by atoms with Gasteiger partial charge in [-0.2, -0.15) is 0 Å². The molecule has 1 heterocycles. The number of nitrogens with one attached hydrogen (secondary N) is 1. The van der Waals surface area contributed by atoms with E-state index in [9.17, 15) is 0 Å². The number of unbranched alkanes of at least 4 members (excludes halogenated alkanes) is 1. The summed E-state index contributed by atoms with van der Waals surface area (Å²) in [6.45, 7) is 3.24. The van der Waals surface area contributed by atoms with Crippen LogP contribution < -0.4 is 16.2 Å². The van der Waals surface area contributed by atoms with Gasteiger partial charge in [0.25, 0.3) is 0 Å². The van der Waals surface area contributed by atoms with Crippen LogP contribution in [0.1, 0.15) is 32.6 Å². The van der Waals surface area contributed by atoms with E-state index < -0.39 is 0 Å². The molecule has 1 aliphatic carbocycles. The zero-order valence-electron chi connectivity index (χ0n) is 9.99. The number of hydrogen-bond acceptors (Lipinski definition) is 5. The van der Waals surface area contributed by atoms with Crippen LogP contribution in [0.2, 0.25) is 0 Å². The number of halogens is 1. The molecule has 6 heteroatoms. The third-order valence-electron chi connectivity index (χ3n) is 2.92. The highest BCUT2D eigenvalue weighted by molar-refractivity contribution is 9.10. The lowest BCUT2D eigenvalue weighted by atomic mass is 10.3. The van der Waals surface area contributed by atoms with E-state index in [1.54, 1.807) is 6.33 Å². The van der Waals surface area contributed by atoms with Gasteiger partial charge in [-0.15, -0.1) is 0 Å². The molecule has 0 saturated heterocycles. The van der Waals surface area contributed by atoms with Crippen LogP contribution >= 0.6 is 15.9 Å². The summed E-state index contributed by atoms with van der Waals surface area (Å²) in [4.78, 5) is 10.8. The Bertz CT molecular complexity index is 380. The van der Waals surface area contributed by atoms with E-state index in [0.717, 1.165) is 16.8 Å². The maximum Gasteiger partial charge on any atom is 0.159 e. The van der Waals surface area contributed by atoms with Crippen molar-refractivity contribution in [2.75, 3.05) is 16.9 Å². The maximum absolute atomic E-state index is 5.42. The fraction of sp³-hybridized carbons (Fsp3) is 0.636. The molecule has 5 nitrogen and oxygen atoms in total. The second-order valence-corrected chi connectivity index (χ2v) is 5.08. The number of hydrazine groups is 1. The molecule has 0 unspecified atom stereocenters. The Balaban J connectivity index is 2.22. The zero-order chi connectivity index (χ0) is 12.3. The summed E-state index contributed by atoms with van der Waals surface area (Å²) in [6, 6.07) is 0.637. The summed E-state index contributed by atoms with van der Waals surface area (Å²) >= 11 is 3.52. The Morgan fingerprint density at radius 2 is 2.29 bits per heavy atom. The van der Waals surface area contributed by atoms with Crippen molar-refractivity contribution in [3.05, 3.63) is 10.8 Å². The minimum Gasteiger partial charge on any atom is -0.353 e. The van der Waals surface area contributed by atoms with Crippen LogP contribution in [0.4, 0.5) is 11.6 Å². The lowest BCUT2D eigenvalue weighted by Crippen LogP contribution is -2.28. The molecule has 0 aromatic carbocycles. The zero-order valence-corrected chi connectivity index (χ0v) is 11.6. The molecule has 94 valence electrons. The number of aromatic nitrogens is 2. The van der Waals surface area contributed by atoms with Crippen molar-refractivity contribution in [2.24, 2.45) is 5.84 Å². The summed E-state index contributed by atoms with van der Waals surface area (Å²) in [6.07, 6.45) is 6.43. The minimum atomic E-state index is 0.636. The van der Waals surface area contributed by atoms with Gasteiger partial charge < -0.3 is 10.3 Å². The maximum atomic E-state index is 5.42. The number of nitrogens with two attached hydrogens (primary N) is 1. The Kier molecular flexibility index (Phi) is 4.17. The monoisotopic (exact) mass is 299 g/mol. The van der Waals surface area contributed by atoms with Gasteiger partial charge in [-0.1, -0.05) is 13.3 Å². The molecule has 1 aromatic heterocycles. The topological polar surface area (TPSA) is 67.1 Å². The van der Waals surface area contributed by atoms with Crippen LogP contribution in [0.15, 0.2) is 10.8 Å². The fourth-order valence-electron chi connectivity index (χ4n) is 1.84. The molecular formula is C11H18BrN5. The summed E-state index contributed by atoms with van der Waals surface area (Å²) < 4.78 is 0.852. The van der Waals surface area contributed by atoms with Crippen LogP contribution in [0.3, 0.4) is 0 Å². The molecule has 0 amide bonds. The quantitative estimate of drug-likeness (QED) is 0.623. The average Bonchev–Trinajstić information content (AvgIpc) is 3.16. The molecule has 17 heavy (non-hydrogen) atoms. The van der Waals surface area contributed by atoms with Gasteiger partial charge in [0.05, 0.1) is 0 Å². The lowest BCUT2D eigenvalue weighted by molar-refractivity contribution is 0.702. The van der Waals surface area contributed by atoms with Crippen LogP contribution in [-0.2, 0) is 0 Å². The number of hydrogen-bond donors (Lipinski definition) is 2. The van der Waals surface area contributed by atoms with E-state index in [1.807, 2.05) is 0 Å². The van der Waals surface area contributed by atoms with Crippen molar-refractivity contribution in [1.29, 1.82) is 0 Å². The molecule has 0 radical (unpaired) electrons. The highest BCUT2D eigenvalue weighted by atomic mass is 79.9. The van der Waals surface area contributed by atoms with Gasteiger partial charge in [-0.25, -0.2) is 15.8 Å². The molecule has 1 aromatic rings. The summed E-state index contributed by atoms with van der Waals surface area (Å²) in [7, 11) is 0. The van der Waals surface area contributed by atoms with Gasteiger partial charge in [0, 0.05) is 12.6 Å². The number of nitrogen functional groups attached to an aromatic ring is 1. The second kappa shape index (κ2) is 5.64. The van der Waals surface area contributed by atoms with E-state index in [-0.39, 0.29) is 0 Å². The minimum absolute atomic E-state index is 0.636. The van der Waals surface area contributed by atoms with Crippen molar-refractivity contribution in [3.63, 3.8) is 0 Å². The number of nitrogens with zero attached hydrogens (tertiary/aromatic N) is 3. The number of rotatable bonds is 6. The van der Waals surface area contributed by atoms with E-state index in [0.29, 0.717) is 11.9 Å². The van der Waals surface area contributed by atoms with Crippen LogP contribution in [0.25, 0.3) is 0 Å². The van der Waals surface area contributed by atoms with Crippen molar-refractivity contribution < 1.29 is 0 Å². The van der Waals surface area contributed by atoms with Gasteiger partial charge in [-0.3, -0.25) is 0 Å². The molecule has 3 N–H and O–H groups in total. The summed E-state index contributed by atoms with van der Waals surface area (Å²) in [5.74, 6) is 7.01. The van der Waals surface area contributed by atoms with Gasteiger partial charge >= 0.3 is 0 Å². The first kappa shape index (κ1) is 12.6. The SMILES string of the molecule is CCCCN(c1ncnc(NN)c1Br)C1CC1. The predicted octanol–water partition coefficient (Wildman–Crippen LogP) is 2.29. The molecule has 1 saturated carbocycles. The van der Waals surface area contributed by atoms with Crippen molar-refractivity contribution in [1.82, 2.24) is 9.97 Å². The van der Waals surface area contributed by atoms with Crippen LogP contribution in [0, 0.1) is 0 Å². The van der Waals surface area contributed by atoms with Gasteiger partial charge in [0.2, 0.25) is 0 Å². The standard InChI is InChI=1S/C11H18BrN5/c1-2-3-6-17(8-4-5-8)11-9(12)10(16-13)14-7-15-11/h7-8H,2-6,13H2,1H3,(H,14,15,16). The fourth-order valence-corrected chi connectivity index (χ4v) is 2.38. The first-order valence-electron chi connectivity index (χ1n) is 6.01. The van der Waals surface area contributed by atoms with Crippen molar-refractivity contribution in [2.45, 2.75) is 38.6 Å². The molecule has 0 atom stereocenters. The largest absolute Gasteiger partial charge is 0.353 e. The molecule has 0 aliphatic heterocycles. The van der Waals surface area contributed by atoms with Crippen LogP contribution in [-0.4, -0.2) is 22.6 Å². The highest BCUT2D eigenvalue weighted by Gasteiger charge is 2.31. The first-order valence-corrected chi connectivity index (χ1v) is 6.81. The molecule has 0 spiro atoms. The van der Waals surface area contributed by atoms with E-state index in [2.05, 4.69) is 43.1 Å². The van der Waals surface area contributed by atoms with Gasteiger partial charge in [-0.05, 0) is 35.2 Å². The molecule has 1 fully saturated rings. The molecule has 1 aliphatic rings. The Morgan fingerprint density at radius 3 is 2.88 bits per heavy atom. The number of anilines is 2. The predicted molar refractivity (Wildman–Crippen MR) is 72.8 cm³/mol. The van der Waals surface area contributed by atoms with Gasteiger partial charge in [0.1, 0.15) is 16.6 Å². The first-order chi connectivity index (χ1) is 8.27. The lowest BCUT2D eigenvalue weighted by Gasteiger charge is -2.24. The summed E-state index contributed by atoms with van der Waals surface area (Å²) in [5, 5.41) is 0. The van der Waals surface area contributed by atoms with E-state index >= 15 is 0 Å². The third kappa shape index (κ3) is 2.87. The van der Waals surface area contributed by atoms with Gasteiger partial charge in [0.15, 0.2) is 5.82 Å². The third-order valence-corrected chi connectivity index (χ3v) is 3.65. The molecule has 2 rings (SSSR count). The van der Waals surface area contributed by atoms with Crippen LogP contribution in [0.5, 0.6) is 0 Å². The highest BCUT2D eigenvalue weighted by Crippen LogP contribution is 2.36. The van der Waals surface area contributed by atoms with E-state index in [4.69, 9.17) is 5.84 Å². The Labute approximate surface area is 110 Å². The normalized spacial score (nSPS) is 14.8. The Morgan fingerprint density at radius 1 is 1.53 bits per heavy atom. The second-order valence-electron chi connectivity index (χ2n) is 4.28. The van der Waals surface area contributed by atoms with E-state index in [1.165, 1.54) is 25.7 Å². The Hall–Kier alpha value is -0.880. The van der Waals surface area contributed by atoms with Crippen molar-refractivity contribution >= 4 is 27.6 Å². The summed E-state index contributed by atoms with van der Waals surface area (Å²) in [5.41, 5.74) is 2.58. The molecule has 0 bridgehead atoms. The smallest absolute Gasteiger partial charge is 0.159 e.